The van der Waals surface area contributed by atoms with Gasteiger partial charge in [0.2, 0.25) is 0 Å². The number of esters is 1. The molecule has 2 aliphatic rings. The molecule has 1 fully saturated rings. The van der Waals surface area contributed by atoms with Gasteiger partial charge >= 0.3 is 5.97 Å². The number of benzene rings is 1. The second-order valence-corrected chi connectivity index (χ2v) is 7.40. The number of rotatable bonds is 3. The Hall–Kier alpha value is -1.81. The average Bonchev–Trinajstić information content (AvgIpc) is 3.05. The van der Waals surface area contributed by atoms with E-state index in [-0.39, 0.29) is 5.97 Å². The van der Waals surface area contributed by atoms with Crippen molar-refractivity contribution in [2.45, 2.75) is 38.7 Å². The van der Waals surface area contributed by atoms with E-state index in [0.717, 1.165) is 21.8 Å². The van der Waals surface area contributed by atoms with Crippen LogP contribution < -0.4 is 4.74 Å². The number of carbonyl (C=O) groups excluding carboxylic acids is 1. The first-order chi connectivity index (χ1) is 11.3. The highest BCUT2D eigenvalue weighted by Crippen LogP contribution is 2.42. The Morgan fingerprint density at radius 3 is 2.91 bits per heavy atom. The van der Waals surface area contributed by atoms with E-state index < -0.39 is 0 Å². The third-order valence-electron chi connectivity index (χ3n) is 4.70. The number of hydrogen-bond donors (Lipinski definition) is 0. The average molecular weight is 328 g/mol. The van der Waals surface area contributed by atoms with Crippen molar-refractivity contribution in [3.05, 3.63) is 40.8 Å². The van der Waals surface area contributed by atoms with Gasteiger partial charge in [-0.15, -0.1) is 11.3 Å². The third-order valence-corrected chi connectivity index (χ3v) is 5.89. The minimum atomic E-state index is -0.188. The largest absolute Gasteiger partial charge is 0.488 e. The quantitative estimate of drug-likeness (QED) is 0.740. The maximum Gasteiger partial charge on any atom is 0.348 e. The molecule has 4 rings (SSSR count). The van der Waals surface area contributed by atoms with Crippen LogP contribution in [-0.2, 0) is 11.3 Å². The molecule has 3 nitrogen and oxygen atoms in total. The lowest BCUT2D eigenvalue weighted by Gasteiger charge is -2.20. The molecule has 2 aromatic rings. The molecular weight excluding hydrogens is 308 g/mol. The molecule has 0 radical (unpaired) electrons. The summed E-state index contributed by atoms with van der Waals surface area (Å²) in [6.07, 6.45) is 6.24. The molecule has 0 saturated heterocycles. The Bertz CT molecular complexity index is 713. The highest BCUT2D eigenvalue weighted by molar-refractivity contribution is 7.17. The SMILES string of the molecule is O=C(OCC1CCCCC1)c1cc2c(s1)-c1ccccc1OC2. The first-order valence-electron chi connectivity index (χ1n) is 8.33. The maximum absolute atomic E-state index is 12.4. The van der Waals surface area contributed by atoms with E-state index in [1.54, 1.807) is 0 Å². The molecule has 1 aromatic heterocycles. The predicted molar refractivity (Wildman–Crippen MR) is 90.9 cm³/mol. The van der Waals surface area contributed by atoms with Crippen molar-refractivity contribution in [2.75, 3.05) is 6.61 Å². The van der Waals surface area contributed by atoms with Crippen molar-refractivity contribution in [3.8, 4) is 16.2 Å². The number of thiophene rings is 1. The van der Waals surface area contributed by atoms with Gasteiger partial charge in [-0.1, -0.05) is 31.4 Å². The second kappa shape index (κ2) is 6.36. The van der Waals surface area contributed by atoms with Crippen LogP contribution in [-0.4, -0.2) is 12.6 Å². The zero-order valence-electron chi connectivity index (χ0n) is 13.0. The van der Waals surface area contributed by atoms with Gasteiger partial charge in [-0.05, 0) is 37.0 Å². The van der Waals surface area contributed by atoms with Gasteiger partial charge in [0.15, 0.2) is 0 Å². The minimum absolute atomic E-state index is 0.188. The molecule has 1 aliphatic carbocycles. The molecule has 0 N–H and O–H groups in total. The van der Waals surface area contributed by atoms with E-state index in [4.69, 9.17) is 9.47 Å². The molecule has 4 heteroatoms. The lowest BCUT2D eigenvalue weighted by atomic mass is 9.90. The van der Waals surface area contributed by atoms with Gasteiger partial charge in [-0.2, -0.15) is 0 Å². The fourth-order valence-corrected chi connectivity index (χ4v) is 4.51. The van der Waals surface area contributed by atoms with Crippen LogP contribution in [0.2, 0.25) is 0 Å². The summed E-state index contributed by atoms with van der Waals surface area (Å²) in [4.78, 5) is 14.2. The molecule has 0 unspecified atom stereocenters. The number of fused-ring (bicyclic) bond motifs is 3. The van der Waals surface area contributed by atoms with Crippen LogP contribution in [0.5, 0.6) is 5.75 Å². The fraction of sp³-hybridized carbons (Fsp3) is 0.421. The van der Waals surface area contributed by atoms with Crippen molar-refractivity contribution in [3.63, 3.8) is 0 Å². The van der Waals surface area contributed by atoms with Crippen LogP contribution in [0.1, 0.15) is 47.3 Å². The van der Waals surface area contributed by atoms with Crippen molar-refractivity contribution >= 4 is 17.3 Å². The zero-order chi connectivity index (χ0) is 15.6. The van der Waals surface area contributed by atoms with Gasteiger partial charge in [0, 0.05) is 16.0 Å². The molecule has 23 heavy (non-hydrogen) atoms. The number of para-hydroxylation sites is 1. The Labute approximate surface area is 140 Å². The summed E-state index contributed by atoms with van der Waals surface area (Å²) in [6.45, 7) is 1.09. The highest BCUT2D eigenvalue weighted by Gasteiger charge is 2.23. The van der Waals surface area contributed by atoms with Crippen molar-refractivity contribution in [1.29, 1.82) is 0 Å². The van der Waals surface area contributed by atoms with Gasteiger partial charge in [-0.3, -0.25) is 0 Å². The van der Waals surface area contributed by atoms with Gasteiger partial charge < -0.3 is 9.47 Å². The standard InChI is InChI=1S/C19H20O3S/c20-19(22-11-13-6-2-1-3-7-13)17-10-14-12-21-16-9-5-4-8-15(16)18(14)23-17/h4-5,8-10,13H,1-3,6-7,11-12H2. The molecule has 1 aliphatic heterocycles. The van der Waals surface area contributed by atoms with Crippen molar-refractivity contribution in [2.24, 2.45) is 5.92 Å². The van der Waals surface area contributed by atoms with Crippen LogP contribution in [0.4, 0.5) is 0 Å². The smallest absolute Gasteiger partial charge is 0.348 e. The summed E-state index contributed by atoms with van der Waals surface area (Å²) >= 11 is 1.52. The maximum atomic E-state index is 12.4. The van der Waals surface area contributed by atoms with Crippen molar-refractivity contribution < 1.29 is 14.3 Å². The summed E-state index contributed by atoms with van der Waals surface area (Å²) in [5.41, 5.74) is 2.16. The van der Waals surface area contributed by atoms with Crippen molar-refractivity contribution in [1.82, 2.24) is 0 Å². The number of hydrogen-bond acceptors (Lipinski definition) is 4. The minimum Gasteiger partial charge on any atom is -0.488 e. The number of ether oxygens (including phenoxy) is 2. The van der Waals surface area contributed by atoms with Crippen LogP contribution in [0.15, 0.2) is 30.3 Å². The summed E-state index contributed by atoms with van der Waals surface area (Å²) in [6, 6.07) is 9.91. The molecule has 0 amide bonds. The van der Waals surface area contributed by atoms with Gasteiger partial charge in [0.05, 0.1) is 6.61 Å². The van der Waals surface area contributed by atoms with E-state index in [0.29, 0.717) is 24.0 Å². The second-order valence-electron chi connectivity index (χ2n) is 6.35. The van der Waals surface area contributed by atoms with Crippen LogP contribution in [0, 0.1) is 5.92 Å². The van der Waals surface area contributed by atoms with E-state index in [2.05, 4.69) is 0 Å². The first kappa shape index (κ1) is 14.8. The Balaban J connectivity index is 1.48. The van der Waals surface area contributed by atoms with Crippen LogP contribution >= 0.6 is 11.3 Å². The normalized spacial score (nSPS) is 17.0. The van der Waals surface area contributed by atoms with Crippen LogP contribution in [0.25, 0.3) is 10.4 Å². The highest BCUT2D eigenvalue weighted by atomic mass is 32.1. The van der Waals surface area contributed by atoms with Gasteiger partial charge in [0.1, 0.15) is 17.2 Å². The summed E-state index contributed by atoms with van der Waals surface area (Å²) < 4.78 is 11.3. The Morgan fingerprint density at radius 2 is 2.04 bits per heavy atom. The lowest BCUT2D eigenvalue weighted by molar-refractivity contribution is 0.0416. The summed E-state index contributed by atoms with van der Waals surface area (Å²) in [7, 11) is 0. The zero-order valence-corrected chi connectivity index (χ0v) is 13.9. The molecule has 2 heterocycles. The van der Waals surface area contributed by atoms with E-state index >= 15 is 0 Å². The summed E-state index contributed by atoms with van der Waals surface area (Å²) in [5.74, 6) is 1.25. The Kier molecular flexibility index (Phi) is 4.08. The third kappa shape index (κ3) is 3.00. The number of carbonyl (C=O) groups is 1. The van der Waals surface area contributed by atoms with E-state index in [1.165, 1.54) is 43.4 Å². The van der Waals surface area contributed by atoms with E-state index in [9.17, 15) is 4.79 Å². The molecule has 1 saturated carbocycles. The Morgan fingerprint density at radius 1 is 1.22 bits per heavy atom. The fourth-order valence-electron chi connectivity index (χ4n) is 3.42. The molecule has 0 atom stereocenters. The van der Waals surface area contributed by atoms with E-state index in [1.807, 2.05) is 30.3 Å². The lowest BCUT2D eigenvalue weighted by Crippen LogP contribution is -2.16. The molecule has 0 spiro atoms. The molecular formula is C19H20O3S. The predicted octanol–water partition coefficient (Wildman–Crippen LogP) is 5.04. The molecule has 120 valence electrons. The van der Waals surface area contributed by atoms with Gasteiger partial charge in [-0.25, -0.2) is 4.79 Å². The topological polar surface area (TPSA) is 35.5 Å². The first-order valence-corrected chi connectivity index (χ1v) is 9.15. The van der Waals surface area contributed by atoms with Gasteiger partial charge in [0.25, 0.3) is 0 Å². The molecule has 0 bridgehead atoms. The monoisotopic (exact) mass is 328 g/mol. The van der Waals surface area contributed by atoms with Crippen LogP contribution in [0.3, 0.4) is 0 Å². The summed E-state index contributed by atoms with van der Waals surface area (Å²) in [5, 5.41) is 0. The molecule has 1 aromatic carbocycles.